The molecular formula is C34H37Cl3N4O2. The molecule has 0 radical (unpaired) electrons. The number of para-hydroxylation sites is 1. The highest BCUT2D eigenvalue weighted by molar-refractivity contribution is 6.30. The van der Waals surface area contributed by atoms with Crippen LogP contribution in [-0.2, 0) is 11.2 Å². The number of hydrogen-bond donors (Lipinski definition) is 1. The standard InChI is InChI=1S/C34H35ClN4O2.2ClH/c1-38-16-18-39(19-17-38)15-4-5-20-41-27-13-11-24(12-14-27)29-22-32(25-7-6-8-26(35)21-25)37-34-28-9-2-3-10-31(28)36-33(40)23-30(29)34;;/h2-3,6-14,21-22H,4-5,15-20,23H2,1H3,(H,36,40);2*1H. The van der Waals surface area contributed by atoms with Gasteiger partial charge in [0.15, 0.2) is 0 Å². The molecule has 0 aliphatic carbocycles. The lowest BCUT2D eigenvalue weighted by atomic mass is 9.92. The van der Waals surface area contributed by atoms with Crippen LogP contribution in [0.1, 0.15) is 18.4 Å². The van der Waals surface area contributed by atoms with Gasteiger partial charge in [-0.1, -0.05) is 54.1 Å². The van der Waals surface area contributed by atoms with Crippen molar-refractivity contribution in [1.82, 2.24) is 14.8 Å². The number of anilines is 1. The van der Waals surface area contributed by atoms with Crippen molar-refractivity contribution < 1.29 is 9.53 Å². The Morgan fingerprint density at radius 2 is 1.63 bits per heavy atom. The molecule has 4 aromatic rings. The highest BCUT2D eigenvalue weighted by Crippen LogP contribution is 2.40. The first-order valence-electron chi connectivity index (χ1n) is 14.4. The zero-order chi connectivity index (χ0) is 28.2. The zero-order valence-corrected chi connectivity index (χ0v) is 26.6. The van der Waals surface area contributed by atoms with E-state index in [4.69, 9.17) is 21.3 Å². The molecule has 1 N–H and O–H groups in total. The van der Waals surface area contributed by atoms with Gasteiger partial charge >= 0.3 is 0 Å². The largest absolute Gasteiger partial charge is 0.494 e. The van der Waals surface area contributed by atoms with Crippen LogP contribution in [0.4, 0.5) is 5.69 Å². The SMILES string of the molecule is CN1CCN(CCCCOc2ccc(-c3cc(-c4cccc(Cl)c4)nc4c3CC(=O)Nc3ccccc3-4)cc2)CC1.Cl.Cl. The van der Waals surface area contributed by atoms with Crippen molar-refractivity contribution in [2.24, 2.45) is 0 Å². The summed E-state index contributed by atoms with van der Waals surface area (Å²) in [5.74, 6) is 0.804. The third kappa shape index (κ3) is 7.88. The molecule has 226 valence electrons. The van der Waals surface area contributed by atoms with E-state index in [1.54, 1.807) is 0 Å². The number of unbranched alkanes of at least 4 members (excludes halogenated alkanes) is 1. The van der Waals surface area contributed by atoms with Gasteiger partial charge in [-0.2, -0.15) is 0 Å². The Kier molecular flexibility index (Phi) is 11.5. The predicted octanol–water partition coefficient (Wildman–Crippen LogP) is 7.48. The topological polar surface area (TPSA) is 57.7 Å². The smallest absolute Gasteiger partial charge is 0.228 e. The lowest BCUT2D eigenvalue weighted by molar-refractivity contribution is -0.115. The zero-order valence-electron chi connectivity index (χ0n) is 24.2. The average molecular weight is 640 g/mol. The van der Waals surface area contributed by atoms with Gasteiger partial charge in [0.2, 0.25) is 5.91 Å². The number of amides is 1. The fraction of sp³-hybridized carbons (Fsp3) is 0.294. The van der Waals surface area contributed by atoms with Gasteiger partial charge in [0.1, 0.15) is 5.75 Å². The van der Waals surface area contributed by atoms with Crippen molar-refractivity contribution in [2.75, 3.05) is 51.7 Å². The van der Waals surface area contributed by atoms with Crippen LogP contribution < -0.4 is 10.1 Å². The van der Waals surface area contributed by atoms with E-state index in [1.165, 1.54) is 0 Å². The van der Waals surface area contributed by atoms with Crippen molar-refractivity contribution in [3.63, 3.8) is 0 Å². The van der Waals surface area contributed by atoms with E-state index >= 15 is 0 Å². The van der Waals surface area contributed by atoms with Crippen molar-refractivity contribution >= 4 is 48.0 Å². The molecule has 1 fully saturated rings. The highest BCUT2D eigenvalue weighted by atomic mass is 35.5. The Labute approximate surface area is 271 Å². The molecule has 0 spiro atoms. The summed E-state index contributed by atoms with van der Waals surface area (Å²) in [6.45, 7) is 6.46. The van der Waals surface area contributed by atoms with Crippen LogP contribution in [0.25, 0.3) is 33.6 Å². The Balaban J connectivity index is 0.00000212. The molecule has 6 nitrogen and oxygen atoms in total. The van der Waals surface area contributed by atoms with Crippen molar-refractivity contribution in [3.8, 4) is 39.4 Å². The number of carbonyl (C=O) groups is 1. The molecule has 1 aromatic heterocycles. The van der Waals surface area contributed by atoms with Gasteiger partial charge in [-0.3, -0.25) is 4.79 Å². The predicted molar refractivity (Wildman–Crippen MR) is 181 cm³/mol. The molecule has 2 aliphatic heterocycles. The second kappa shape index (κ2) is 15.0. The number of nitrogens with zero attached hydrogens (tertiary/aromatic N) is 3. The van der Waals surface area contributed by atoms with Crippen LogP contribution in [0, 0.1) is 0 Å². The average Bonchev–Trinajstić information content (AvgIpc) is 3.13. The normalized spacial score (nSPS) is 14.8. The number of aromatic nitrogens is 1. The van der Waals surface area contributed by atoms with Crippen molar-refractivity contribution in [3.05, 3.63) is 89.4 Å². The molecule has 0 unspecified atom stereocenters. The van der Waals surface area contributed by atoms with E-state index in [2.05, 4.69) is 40.4 Å². The quantitative estimate of drug-likeness (QED) is 0.203. The minimum Gasteiger partial charge on any atom is -0.494 e. The lowest BCUT2D eigenvalue weighted by Gasteiger charge is -2.32. The number of nitrogens with one attached hydrogen (secondary N) is 1. The van der Waals surface area contributed by atoms with Crippen LogP contribution in [-0.4, -0.2) is 67.1 Å². The van der Waals surface area contributed by atoms with Gasteiger partial charge in [-0.05, 0) is 79.5 Å². The van der Waals surface area contributed by atoms with Crippen molar-refractivity contribution in [1.29, 1.82) is 0 Å². The number of fused-ring (bicyclic) bond motifs is 3. The Hall–Kier alpha value is -3.13. The number of carbonyl (C=O) groups excluding carboxylic acids is 1. The molecule has 2 aliphatic rings. The molecule has 0 bridgehead atoms. The van der Waals surface area contributed by atoms with Gasteiger partial charge in [0.25, 0.3) is 0 Å². The molecule has 3 heterocycles. The molecule has 9 heteroatoms. The van der Waals surface area contributed by atoms with Gasteiger partial charge in [0.05, 0.1) is 30.1 Å². The first kappa shape index (κ1) is 32.8. The maximum absolute atomic E-state index is 13.0. The third-order valence-electron chi connectivity index (χ3n) is 7.94. The molecule has 43 heavy (non-hydrogen) atoms. The summed E-state index contributed by atoms with van der Waals surface area (Å²) in [6, 6.07) is 25.8. The number of pyridine rings is 1. The maximum atomic E-state index is 13.0. The van der Waals surface area contributed by atoms with E-state index in [1.807, 2.05) is 60.7 Å². The Morgan fingerprint density at radius 3 is 2.40 bits per heavy atom. The number of ether oxygens (including phenoxy) is 1. The van der Waals surface area contributed by atoms with Crippen LogP contribution in [0.5, 0.6) is 5.75 Å². The molecule has 0 atom stereocenters. The second-order valence-electron chi connectivity index (χ2n) is 10.9. The summed E-state index contributed by atoms with van der Waals surface area (Å²) >= 11 is 6.34. The number of piperazine rings is 1. The fourth-order valence-electron chi connectivity index (χ4n) is 5.61. The van der Waals surface area contributed by atoms with Crippen LogP contribution in [0.2, 0.25) is 5.02 Å². The summed E-state index contributed by atoms with van der Waals surface area (Å²) in [5.41, 5.74) is 7.15. The third-order valence-corrected chi connectivity index (χ3v) is 8.17. The highest BCUT2D eigenvalue weighted by Gasteiger charge is 2.24. The van der Waals surface area contributed by atoms with E-state index in [0.717, 1.165) is 96.2 Å². The van der Waals surface area contributed by atoms with E-state index in [0.29, 0.717) is 11.6 Å². The van der Waals surface area contributed by atoms with E-state index < -0.39 is 0 Å². The molecule has 3 aromatic carbocycles. The minimum atomic E-state index is -0.0497. The van der Waals surface area contributed by atoms with E-state index in [-0.39, 0.29) is 37.1 Å². The number of benzene rings is 3. The summed E-state index contributed by atoms with van der Waals surface area (Å²) in [7, 11) is 2.19. The first-order chi connectivity index (χ1) is 20.0. The number of hydrogen-bond acceptors (Lipinski definition) is 5. The van der Waals surface area contributed by atoms with E-state index in [9.17, 15) is 4.79 Å². The summed E-state index contributed by atoms with van der Waals surface area (Å²) in [6.07, 6.45) is 2.41. The second-order valence-corrected chi connectivity index (χ2v) is 11.3. The monoisotopic (exact) mass is 638 g/mol. The first-order valence-corrected chi connectivity index (χ1v) is 14.7. The summed E-state index contributed by atoms with van der Waals surface area (Å²) in [5, 5.41) is 3.71. The molecule has 6 rings (SSSR count). The lowest BCUT2D eigenvalue weighted by Crippen LogP contribution is -2.44. The molecular weight excluding hydrogens is 603 g/mol. The van der Waals surface area contributed by atoms with Crippen molar-refractivity contribution in [2.45, 2.75) is 19.3 Å². The van der Waals surface area contributed by atoms with Crippen LogP contribution in [0.15, 0.2) is 78.9 Å². The fourth-order valence-corrected chi connectivity index (χ4v) is 5.80. The maximum Gasteiger partial charge on any atom is 0.228 e. The molecule has 1 saturated heterocycles. The van der Waals surface area contributed by atoms with Gasteiger partial charge in [-0.15, -0.1) is 24.8 Å². The summed E-state index contributed by atoms with van der Waals surface area (Å²) < 4.78 is 6.09. The Morgan fingerprint density at radius 1 is 0.860 bits per heavy atom. The molecule has 1 amide bonds. The number of halogens is 3. The summed E-state index contributed by atoms with van der Waals surface area (Å²) in [4.78, 5) is 23.0. The van der Waals surface area contributed by atoms with Gasteiger partial charge < -0.3 is 19.9 Å². The minimum absolute atomic E-state index is 0. The number of rotatable bonds is 8. The molecule has 0 saturated carbocycles. The van der Waals surface area contributed by atoms with Crippen LogP contribution in [0.3, 0.4) is 0 Å². The van der Waals surface area contributed by atoms with Gasteiger partial charge in [0, 0.05) is 42.3 Å². The number of likely N-dealkylation sites (N-methyl/N-ethyl adjacent to an activating group) is 1. The van der Waals surface area contributed by atoms with Crippen LogP contribution >= 0.6 is 36.4 Å². The Bertz CT molecular complexity index is 1540. The van der Waals surface area contributed by atoms with Gasteiger partial charge in [-0.25, -0.2) is 4.98 Å².